The largest absolute Gasteiger partial charge is 0.303 e. The van der Waals surface area contributed by atoms with Crippen LogP contribution >= 0.6 is 0 Å². The average Bonchev–Trinajstić information content (AvgIpc) is 2.00. The molecule has 4 nitrogen and oxygen atoms in total. The van der Waals surface area contributed by atoms with Gasteiger partial charge in [0.25, 0.3) is 0 Å². The number of nitriles is 2. The van der Waals surface area contributed by atoms with Gasteiger partial charge in [-0.1, -0.05) is 0 Å². The van der Waals surface area contributed by atoms with Crippen molar-refractivity contribution in [2.75, 3.05) is 14.1 Å². The second-order valence-corrected chi connectivity index (χ2v) is 1.79. The molecule has 0 rings (SSSR count). The minimum atomic E-state index is -0.435. The molecule has 0 aliphatic heterocycles. The van der Waals surface area contributed by atoms with Crippen molar-refractivity contribution in [3.05, 3.63) is 0 Å². The fraction of sp³-hybridized carbons (Fsp3) is 0.667. The van der Waals surface area contributed by atoms with E-state index in [1.165, 1.54) is 0 Å². The predicted molar refractivity (Wildman–Crippen MR) is 36.9 cm³/mol. The van der Waals surface area contributed by atoms with Crippen LogP contribution in [-0.4, -0.2) is 26.2 Å². The van der Waals surface area contributed by atoms with E-state index in [9.17, 15) is 0 Å². The van der Waals surface area contributed by atoms with E-state index in [2.05, 4.69) is 10.6 Å². The molecule has 0 spiro atoms. The third kappa shape index (κ3) is 2.02. The lowest BCUT2D eigenvalue weighted by Crippen LogP contribution is -2.43. The smallest absolute Gasteiger partial charge is 0.124 e. The Morgan fingerprint density at radius 1 is 1.00 bits per heavy atom. The average molecular weight is 138 g/mol. The maximum absolute atomic E-state index is 8.46. The van der Waals surface area contributed by atoms with E-state index in [0.29, 0.717) is 0 Å². The van der Waals surface area contributed by atoms with Crippen molar-refractivity contribution >= 4 is 0 Å². The van der Waals surface area contributed by atoms with Crippen LogP contribution in [0.4, 0.5) is 0 Å². The van der Waals surface area contributed by atoms with Crippen molar-refractivity contribution in [1.29, 1.82) is 10.5 Å². The first-order chi connectivity index (χ1) is 4.79. The van der Waals surface area contributed by atoms with Gasteiger partial charge in [-0.2, -0.15) is 10.5 Å². The molecule has 0 unspecified atom stereocenters. The molecular formula is C6H10N4. The molecule has 2 N–H and O–H groups in total. The summed E-state index contributed by atoms with van der Waals surface area (Å²) in [5.74, 6) is 0. The predicted octanol–water partition coefficient (Wildman–Crippen LogP) is -0.790. The van der Waals surface area contributed by atoms with Crippen molar-refractivity contribution < 1.29 is 0 Å². The first kappa shape index (κ1) is 8.90. The zero-order valence-corrected chi connectivity index (χ0v) is 6.05. The summed E-state index contributed by atoms with van der Waals surface area (Å²) >= 11 is 0. The second kappa shape index (κ2) is 4.75. The Labute approximate surface area is 60.4 Å². The molecule has 2 atom stereocenters. The van der Waals surface area contributed by atoms with Crippen molar-refractivity contribution in [3.8, 4) is 12.1 Å². The summed E-state index contributed by atoms with van der Waals surface area (Å²) in [6, 6.07) is 3.04. The molecule has 0 saturated heterocycles. The molecule has 0 amide bonds. The maximum Gasteiger partial charge on any atom is 0.124 e. The molecule has 0 saturated carbocycles. The number of hydrogen-bond donors (Lipinski definition) is 2. The van der Waals surface area contributed by atoms with Gasteiger partial charge in [0.05, 0.1) is 12.1 Å². The van der Waals surface area contributed by atoms with Crippen LogP contribution < -0.4 is 10.6 Å². The van der Waals surface area contributed by atoms with Gasteiger partial charge in [0.15, 0.2) is 0 Å². The zero-order valence-electron chi connectivity index (χ0n) is 6.05. The SMILES string of the molecule is CN[C@@H](C#N)[C@@H](C#N)NC. The topological polar surface area (TPSA) is 71.6 Å². The van der Waals surface area contributed by atoms with Crippen molar-refractivity contribution in [2.24, 2.45) is 0 Å². The van der Waals surface area contributed by atoms with Crippen LogP contribution in [0.5, 0.6) is 0 Å². The van der Waals surface area contributed by atoms with E-state index in [0.717, 1.165) is 0 Å². The van der Waals surface area contributed by atoms with Crippen LogP contribution in [-0.2, 0) is 0 Å². The summed E-state index contributed by atoms with van der Waals surface area (Å²) in [7, 11) is 3.30. The molecule has 0 heterocycles. The van der Waals surface area contributed by atoms with Crippen LogP contribution in [0.3, 0.4) is 0 Å². The highest BCUT2D eigenvalue weighted by atomic mass is 15.0. The Bertz CT molecular complexity index is 144. The quantitative estimate of drug-likeness (QED) is 0.536. The molecule has 0 fully saturated rings. The van der Waals surface area contributed by atoms with Gasteiger partial charge >= 0.3 is 0 Å². The van der Waals surface area contributed by atoms with Gasteiger partial charge < -0.3 is 10.6 Å². The maximum atomic E-state index is 8.46. The van der Waals surface area contributed by atoms with E-state index in [4.69, 9.17) is 10.5 Å². The molecule has 0 aliphatic rings. The number of nitrogens with zero attached hydrogens (tertiary/aromatic N) is 2. The number of rotatable bonds is 3. The van der Waals surface area contributed by atoms with Crippen LogP contribution in [0, 0.1) is 22.7 Å². The molecule has 54 valence electrons. The lowest BCUT2D eigenvalue weighted by molar-refractivity contribution is 0.550. The summed E-state index contributed by atoms with van der Waals surface area (Å²) in [5.41, 5.74) is 0. The van der Waals surface area contributed by atoms with Gasteiger partial charge in [0.2, 0.25) is 0 Å². The first-order valence-electron chi connectivity index (χ1n) is 2.94. The molecular weight excluding hydrogens is 128 g/mol. The highest BCUT2D eigenvalue weighted by Crippen LogP contribution is 1.87. The summed E-state index contributed by atoms with van der Waals surface area (Å²) in [5, 5.41) is 22.3. The van der Waals surface area contributed by atoms with E-state index in [1.807, 2.05) is 12.1 Å². The Morgan fingerprint density at radius 3 is 1.40 bits per heavy atom. The molecule has 0 aromatic carbocycles. The first-order valence-corrected chi connectivity index (χ1v) is 2.94. The normalized spacial score (nSPS) is 14.8. The minimum absolute atomic E-state index is 0.435. The third-order valence-corrected chi connectivity index (χ3v) is 1.23. The summed E-state index contributed by atoms with van der Waals surface area (Å²) in [6.45, 7) is 0. The molecule has 4 heteroatoms. The summed E-state index contributed by atoms with van der Waals surface area (Å²) in [4.78, 5) is 0. The van der Waals surface area contributed by atoms with Gasteiger partial charge in [-0.25, -0.2) is 0 Å². The van der Waals surface area contributed by atoms with Crippen LogP contribution in [0.2, 0.25) is 0 Å². The minimum Gasteiger partial charge on any atom is -0.303 e. The van der Waals surface area contributed by atoms with Crippen LogP contribution in [0.15, 0.2) is 0 Å². The lowest BCUT2D eigenvalue weighted by Gasteiger charge is -2.12. The Hall–Kier alpha value is -1.10. The molecule has 0 aromatic rings. The Kier molecular flexibility index (Phi) is 4.23. The summed E-state index contributed by atoms with van der Waals surface area (Å²) < 4.78 is 0. The Balaban J connectivity index is 4.02. The number of hydrogen-bond acceptors (Lipinski definition) is 4. The summed E-state index contributed by atoms with van der Waals surface area (Å²) in [6.07, 6.45) is 0. The highest BCUT2D eigenvalue weighted by molar-refractivity contribution is 5.07. The molecule has 0 bridgehead atoms. The van der Waals surface area contributed by atoms with E-state index >= 15 is 0 Å². The van der Waals surface area contributed by atoms with E-state index in [1.54, 1.807) is 14.1 Å². The van der Waals surface area contributed by atoms with Gasteiger partial charge in [-0.05, 0) is 14.1 Å². The number of likely N-dealkylation sites (N-methyl/N-ethyl adjacent to an activating group) is 2. The molecule has 10 heavy (non-hydrogen) atoms. The van der Waals surface area contributed by atoms with E-state index < -0.39 is 12.1 Å². The van der Waals surface area contributed by atoms with Crippen LogP contribution in [0.25, 0.3) is 0 Å². The Morgan fingerprint density at radius 2 is 1.30 bits per heavy atom. The molecule has 0 radical (unpaired) electrons. The standard InChI is InChI=1S/C6H10N4/c1-9-5(3-7)6(4-8)10-2/h5-6,9-10H,1-2H3/t5-,6+. The van der Waals surface area contributed by atoms with Gasteiger partial charge in [-0.3, -0.25) is 0 Å². The monoisotopic (exact) mass is 138 g/mol. The molecule has 0 aliphatic carbocycles. The van der Waals surface area contributed by atoms with Crippen molar-refractivity contribution in [3.63, 3.8) is 0 Å². The van der Waals surface area contributed by atoms with Crippen molar-refractivity contribution in [1.82, 2.24) is 10.6 Å². The molecule has 0 aromatic heterocycles. The third-order valence-electron chi connectivity index (χ3n) is 1.23. The zero-order chi connectivity index (χ0) is 7.98. The van der Waals surface area contributed by atoms with Crippen LogP contribution in [0.1, 0.15) is 0 Å². The van der Waals surface area contributed by atoms with E-state index in [-0.39, 0.29) is 0 Å². The lowest BCUT2D eigenvalue weighted by atomic mass is 10.1. The fourth-order valence-corrected chi connectivity index (χ4v) is 0.612. The fourth-order valence-electron chi connectivity index (χ4n) is 0.612. The van der Waals surface area contributed by atoms with Crippen molar-refractivity contribution in [2.45, 2.75) is 12.1 Å². The highest BCUT2D eigenvalue weighted by Gasteiger charge is 2.15. The second-order valence-electron chi connectivity index (χ2n) is 1.79. The van der Waals surface area contributed by atoms with Gasteiger partial charge in [0, 0.05) is 0 Å². The van der Waals surface area contributed by atoms with Gasteiger partial charge in [-0.15, -0.1) is 0 Å². The number of nitrogens with one attached hydrogen (secondary N) is 2. The van der Waals surface area contributed by atoms with Gasteiger partial charge in [0.1, 0.15) is 12.1 Å².